The lowest BCUT2D eigenvalue weighted by atomic mass is 9.77. The van der Waals surface area contributed by atoms with Crippen LogP contribution >= 0.6 is 0 Å². The zero-order valence-corrected chi connectivity index (χ0v) is 10.8. The van der Waals surface area contributed by atoms with Gasteiger partial charge in [-0.1, -0.05) is 24.3 Å². The highest BCUT2D eigenvalue weighted by Crippen LogP contribution is 2.33. The van der Waals surface area contributed by atoms with Crippen LogP contribution in [0.3, 0.4) is 0 Å². The van der Waals surface area contributed by atoms with E-state index in [4.69, 9.17) is 5.11 Å². The Morgan fingerprint density at radius 2 is 2.16 bits per heavy atom. The van der Waals surface area contributed by atoms with Gasteiger partial charge in [-0.05, 0) is 17.5 Å². The van der Waals surface area contributed by atoms with Crippen LogP contribution in [0.1, 0.15) is 24.0 Å². The Labute approximate surface area is 112 Å². The summed E-state index contributed by atoms with van der Waals surface area (Å²) in [4.78, 5) is 21.8. The first-order valence-electron chi connectivity index (χ1n) is 6.36. The maximum absolute atomic E-state index is 10.9. The van der Waals surface area contributed by atoms with Crippen molar-refractivity contribution in [3.63, 3.8) is 0 Å². The number of hydrogen-bond acceptors (Lipinski definition) is 3. The highest BCUT2D eigenvalue weighted by atomic mass is 16.4. The number of benzene rings is 1. The standard InChI is InChI=1S/C14H18N2O3/c1-9(17)16-13(14(18)19)8-15-7-11-6-10-4-2-3-5-12(10)11/h2-5,11,13,15H,6-8H2,1H3,(H,16,17)(H,18,19). The van der Waals surface area contributed by atoms with Gasteiger partial charge < -0.3 is 15.7 Å². The molecule has 1 amide bonds. The molecule has 0 aromatic heterocycles. The summed E-state index contributed by atoms with van der Waals surface area (Å²) >= 11 is 0. The van der Waals surface area contributed by atoms with Crippen molar-refractivity contribution in [2.24, 2.45) is 0 Å². The summed E-state index contributed by atoms with van der Waals surface area (Å²) in [6.45, 7) is 2.30. The molecule has 0 bridgehead atoms. The molecule has 5 nitrogen and oxygen atoms in total. The molecule has 1 aromatic rings. The number of fused-ring (bicyclic) bond motifs is 1. The second-order valence-electron chi connectivity index (χ2n) is 4.85. The summed E-state index contributed by atoms with van der Waals surface area (Å²) in [6.07, 6.45) is 1.03. The predicted octanol–water partition coefficient (Wildman–Crippen LogP) is 0.505. The van der Waals surface area contributed by atoms with E-state index in [0.717, 1.165) is 13.0 Å². The van der Waals surface area contributed by atoms with Crippen molar-refractivity contribution in [1.82, 2.24) is 10.6 Å². The number of hydrogen-bond donors (Lipinski definition) is 3. The number of rotatable bonds is 6. The molecule has 0 saturated heterocycles. The van der Waals surface area contributed by atoms with Crippen LogP contribution in [-0.2, 0) is 16.0 Å². The molecular weight excluding hydrogens is 244 g/mol. The molecule has 2 atom stereocenters. The second kappa shape index (κ2) is 5.84. The summed E-state index contributed by atoms with van der Waals surface area (Å²) in [5.74, 6) is -0.900. The maximum Gasteiger partial charge on any atom is 0.327 e. The second-order valence-corrected chi connectivity index (χ2v) is 4.85. The lowest BCUT2D eigenvalue weighted by molar-refractivity contribution is -0.141. The largest absolute Gasteiger partial charge is 0.480 e. The maximum atomic E-state index is 10.9. The number of carboxylic acids is 1. The fourth-order valence-electron chi connectivity index (χ4n) is 2.39. The third kappa shape index (κ3) is 3.32. The van der Waals surface area contributed by atoms with Gasteiger partial charge in [0.1, 0.15) is 6.04 Å². The van der Waals surface area contributed by atoms with E-state index < -0.39 is 12.0 Å². The Morgan fingerprint density at radius 1 is 1.42 bits per heavy atom. The van der Waals surface area contributed by atoms with Crippen LogP contribution in [0.4, 0.5) is 0 Å². The highest BCUT2D eigenvalue weighted by Gasteiger charge is 2.25. The molecule has 0 radical (unpaired) electrons. The predicted molar refractivity (Wildman–Crippen MR) is 71.0 cm³/mol. The molecule has 0 spiro atoms. The van der Waals surface area contributed by atoms with Gasteiger partial charge in [-0.15, -0.1) is 0 Å². The van der Waals surface area contributed by atoms with Gasteiger partial charge in [0, 0.05) is 25.9 Å². The SMILES string of the molecule is CC(=O)NC(CNCC1Cc2ccccc21)C(=O)O. The number of carbonyl (C=O) groups excluding carboxylic acids is 1. The Hall–Kier alpha value is -1.88. The van der Waals surface area contributed by atoms with Crippen molar-refractivity contribution in [1.29, 1.82) is 0 Å². The van der Waals surface area contributed by atoms with Crippen molar-refractivity contribution in [3.05, 3.63) is 35.4 Å². The lowest BCUT2D eigenvalue weighted by Gasteiger charge is -2.30. The van der Waals surface area contributed by atoms with Gasteiger partial charge in [0.2, 0.25) is 5.91 Å². The van der Waals surface area contributed by atoms with Gasteiger partial charge in [0.05, 0.1) is 0 Å². The quantitative estimate of drug-likeness (QED) is 0.698. The number of aliphatic carboxylic acids is 1. The fourth-order valence-corrected chi connectivity index (χ4v) is 2.39. The van der Waals surface area contributed by atoms with E-state index in [1.807, 2.05) is 12.1 Å². The van der Waals surface area contributed by atoms with Gasteiger partial charge in [0.25, 0.3) is 0 Å². The Balaban J connectivity index is 1.78. The zero-order chi connectivity index (χ0) is 13.8. The van der Waals surface area contributed by atoms with Crippen LogP contribution in [0.15, 0.2) is 24.3 Å². The molecular formula is C14H18N2O3. The molecule has 1 aliphatic rings. The Morgan fingerprint density at radius 3 is 2.79 bits per heavy atom. The Bertz CT molecular complexity index is 487. The number of carbonyl (C=O) groups is 2. The van der Waals surface area contributed by atoms with Gasteiger partial charge in [-0.3, -0.25) is 4.79 Å². The molecule has 2 rings (SSSR count). The van der Waals surface area contributed by atoms with E-state index in [0.29, 0.717) is 5.92 Å². The normalized spacial score (nSPS) is 18.1. The zero-order valence-electron chi connectivity index (χ0n) is 10.8. The summed E-state index contributed by atoms with van der Waals surface area (Å²) in [5, 5.41) is 14.5. The van der Waals surface area contributed by atoms with Crippen molar-refractivity contribution in [2.45, 2.75) is 25.3 Å². The molecule has 3 N–H and O–H groups in total. The average molecular weight is 262 g/mol. The molecule has 5 heteroatoms. The van der Waals surface area contributed by atoms with Crippen molar-refractivity contribution in [2.75, 3.05) is 13.1 Å². The van der Waals surface area contributed by atoms with Gasteiger partial charge in [0.15, 0.2) is 0 Å². The first-order chi connectivity index (χ1) is 9.08. The lowest BCUT2D eigenvalue weighted by Crippen LogP contribution is -2.47. The van der Waals surface area contributed by atoms with E-state index in [2.05, 4.69) is 22.8 Å². The molecule has 0 heterocycles. The minimum Gasteiger partial charge on any atom is -0.480 e. The number of nitrogens with one attached hydrogen (secondary N) is 2. The van der Waals surface area contributed by atoms with Crippen LogP contribution in [0, 0.1) is 0 Å². The van der Waals surface area contributed by atoms with E-state index in [-0.39, 0.29) is 12.5 Å². The summed E-state index contributed by atoms with van der Waals surface area (Å²) in [7, 11) is 0. The topological polar surface area (TPSA) is 78.4 Å². The summed E-state index contributed by atoms with van der Waals surface area (Å²) in [5.41, 5.74) is 2.70. The molecule has 0 aliphatic heterocycles. The molecule has 102 valence electrons. The fraction of sp³-hybridized carbons (Fsp3) is 0.429. The molecule has 1 aliphatic carbocycles. The highest BCUT2D eigenvalue weighted by molar-refractivity contribution is 5.82. The van der Waals surface area contributed by atoms with E-state index >= 15 is 0 Å². The van der Waals surface area contributed by atoms with Gasteiger partial charge in [-0.25, -0.2) is 4.79 Å². The first kappa shape index (κ1) is 13.5. The molecule has 1 aromatic carbocycles. The van der Waals surface area contributed by atoms with Crippen LogP contribution < -0.4 is 10.6 Å². The van der Waals surface area contributed by atoms with Crippen molar-refractivity contribution in [3.8, 4) is 0 Å². The monoisotopic (exact) mass is 262 g/mol. The minimum atomic E-state index is -1.02. The third-order valence-electron chi connectivity index (χ3n) is 3.38. The van der Waals surface area contributed by atoms with Gasteiger partial charge in [-0.2, -0.15) is 0 Å². The van der Waals surface area contributed by atoms with E-state index in [1.54, 1.807) is 0 Å². The summed E-state index contributed by atoms with van der Waals surface area (Å²) < 4.78 is 0. The summed E-state index contributed by atoms with van der Waals surface area (Å²) in [6, 6.07) is 7.40. The van der Waals surface area contributed by atoms with Crippen LogP contribution in [0.25, 0.3) is 0 Å². The Kier molecular flexibility index (Phi) is 4.16. The van der Waals surface area contributed by atoms with Crippen LogP contribution in [0.5, 0.6) is 0 Å². The first-order valence-corrected chi connectivity index (χ1v) is 6.36. The average Bonchev–Trinajstić information content (AvgIpc) is 2.32. The smallest absolute Gasteiger partial charge is 0.327 e. The van der Waals surface area contributed by atoms with Gasteiger partial charge >= 0.3 is 5.97 Å². The third-order valence-corrected chi connectivity index (χ3v) is 3.38. The molecule has 0 saturated carbocycles. The van der Waals surface area contributed by atoms with E-state index in [1.165, 1.54) is 18.1 Å². The van der Waals surface area contributed by atoms with E-state index in [9.17, 15) is 9.59 Å². The molecule has 0 fully saturated rings. The number of carboxylic acid groups (broad SMARTS) is 1. The van der Waals surface area contributed by atoms with Crippen LogP contribution in [0.2, 0.25) is 0 Å². The van der Waals surface area contributed by atoms with Crippen LogP contribution in [-0.4, -0.2) is 36.1 Å². The van der Waals surface area contributed by atoms with Crippen molar-refractivity contribution < 1.29 is 14.7 Å². The molecule has 2 unspecified atom stereocenters. The molecule has 19 heavy (non-hydrogen) atoms. The number of amides is 1. The minimum absolute atomic E-state index is 0.244. The van der Waals surface area contributed by atoms with Crippen molar-refractivity contribution >= 4 is 11.9 Å².